The monoisotopic (exact) mass is 560 g/mol. The largest absolute Gasteiger partial charge is 0.438 e. The van der Waals surface area contributed by atoms with Crippen LogP contribution in [0, 0.1) is 12.8 Å². The molecular weight excluding hydrogens is 526 g/mol. The fraction of sp³-hybridized carbons (Fsp3) is 0.593. The lowest BCUT2D eigenvalue weighted by Crippen LogP contribution is -2.37. The third-order valence-corrected chi connectivity index (χ3v) is 7.71. The van der Waals surface area contributed by atoms with Crippen LogP contribution in [0.25, 0.3) is 11.1 Å². The van der Waals surface area contributed by atoms with Crippen LogP contribution in [0.2, 0.25) is 0 Å². The number of nitrogens with zero attached hydrogens (tertiary/aromatic N) is 4. The van der Waals surface area contributed by atoms with Gasteiger partial charge in [0, 0.05) is 33.1 Å². The summed E-state index contributed by atoms with van der Waals surface area (Å²) in [6.07, 6.45) is 0.396. The van der Waals surface area contributed by atoms with E-state index in [9.17, 15) is 18.4 Å². The van der Waals surface area contributed by atoms with Crippen LogP contribution in [0.1, 0.15) is 85.7 Å². The third-order valence-electron chi connectivity index (χ3n) is 7.71. The maximum absolute atomic E-state index is 14.0. The Hall–Kier alpha value is -3.61. The first-order chi connectivity index (χ1) is 19.0. The number of hydrogen-bond donors (Lipinski definition) is 2. The van der Waals surface area contributed by atoms with E-state index >= 15 is 0 Å². The Morgan fingerprint density at radius 3 is 2.65 bits per heavy atom. The molecule has 40 heavy (non-hydrogen) atoms. The molecule has 1 aromatic carbocycles. The number of rotatable bonds is 9. The van der Waals surface area contributed by atoms with E-state index in [0.717, 1.165) is 5.56 Å². The molecule has 0 radical (unpaired) electrons. The number of amides is 3. The van der Waals surface area contributed by atoms with Gasteiger partial charge in [-0.3, -0.25) is 4.79 Å². The fourth-order valence-electron chi connectivity index (χ4n) is 5.61. The molecule has 3 aromatic rings. The molecule has 0 bridgehead atoms. The minimum absolute atomic E-state index is 0.0114. The number of aryl methyl sites for hydroxylation is 1. The number of methoxy groups -OCH3 is 1. The van der Waals surface area contributed by atoms with Crippen LogP contribution < -0.4 is 10.6 Å². The number of aromatic nitrogens is 3. The number of alkyl halides is 2. The number of oxazole rings is 1. The standard InChI is InChI=1S/C27H34F2N6O5/c1-15-21(34-40-33-15)23(36)31-22(16-7-10-27(28,29)11-8-16)24-30-18-13-17(5-6-20(18)39-24)19(9-12-38-4)35-14-26(2,3)32-25(35)37/h5-6,13,16,19,22H,7-12,14H2,1-4H3,(H,31,36)(H,32,37)/t19?,22-/m0/s1. The number of nitrogens with one attached hydrogen (secondary N) is 2. The van der Waals surface area contributed by atoms with E-state index in [1.807, 2.05) is 26.0 Å². The SMILES string of the molecule is COCCC(c1ccc2oc([C@@H](NC(=O)c3nonc3C)C3CCC(F)(F)CC3)nc2c1)N1CC(C)(C)NC1=O. The van der Waals surface area contributed by atoms with Crippen molar-refractivity contribution in [2.75, 3.05) is 20.3 Å². The van der Waals surface area contributed by atoms with Gasteiger partial charge in [0.15, 0.2) is 11.3 Å². The molecule has 1 unspecified atom stereocenters. The Balaban J connectivity index is 1.46. The van der Waals surface area contributed by atoms with Gasteiger partial charge >= 0.3 is 6.03 Å². The minimum atomic E-state index is -2.73. The van der Waals surface area contributed by atoms with Crippen molar-refractivity contribution >= 4 is 23.0 Å². The predicted molar refractivity (Wildman–Crippen MR) is 139 cm³/mol. The average Bonchev–Trinajstić information content (AvgIpc) is 3.59. The highest BCUT2D eigenvalue weighted by Crippen LogP contribution is 2.42. The molecular formula is C27H34F2N6O5. The van der Waals surface area contributed by atoms with Gasteiger partial charge in [-0.05, 0) is 68.8 Å². The summed E-state index contributed by atoms with van der Waals surface area (Å²) in [5.41, 5.74) is 1.83. The zero-order chi connectivity index (χ0) is 28.7. The predicted octanol–water partition coefficient (Wildman–Crippen LogP) is 4.70. The number of halogens is 2. The Kier molecular flexibility index (Phi) is 7.51. The van der Waals surface area contributed by atoms with E-state index < -0.39 is 17.9 Å². The lowest BCUT2D eigenvalue weighted by Gasteiger charge is -2.32. The quantitative estimate of drug-likeness (QED) is 0.385. The maximum Gasteiger partial charge on any atom is 0.318 e. The first-order valence-electron chi connectivity index (χ1n) is 13.4. The number of carbonyl (C=O) groups is 2. The number of carbonyl (C=O) groups excluding carboxylic acids is 2. The first kappa shape index (κ1) is 27.9. The summed E-state index contributed by atoms with van der Waals surface area (Å²) in [5, 5.41) is 13.2. The van der Waals surface area contributed by atoms with Crippen LogP contribution >= 0.6 is 0 Å². The van der Waals surface area contributed by atoms with Crippen molar-refractivity contribution in [3.8, 4) is 0 Å². The molecule has 1 saturated carbocycles. The topological polar surface area (TPSA) is 136 Å². The molecule has 0 spiro atoms. The normalized spacial score (nSPS) is 20.4. The molecule has 2 fully saturated rings. The zero-order valence-electron chi connectivity index (χ0n) is 23.0. The van der Waals surface area contributed by atoms with Crippen molar-refractivity contribution in [3.05, 3.63) is 41.0 Å². The van der Waals surface area contributed by atoms with E-state index in [1.54, 1.807) is 25.0 Å². The van der Waals surface area contributed by atoms with Gasteiger partial charge in [0.1, 0.15) is 17.3 Å². The van der Waals surface area contributed by atoms with E-state index in [4.69, 9.17) is 14.1 Å². The fourth-order valence-corrected chi connectivity index (χ4v) is 5.61. The second-order valence-corrected chi connectivity index (χ2v) is 11.4. The first-order valence-corrected chi connectivity index (χ1v) is 13.4. The molecule has 11 nitrogen and oxygen atoms in total. The number of fused-ring (bicyclic) bond motifs is 1. The molecule has 5 rings (SSSR count). The maximum atomic E-state index is 14.0. The summed E-state index contributed by atoms with van der Waals surface area (Å²) in [6.45, 7) is 6.51. The summed E-state index contributed by atoms with van der Waals surface area (Å²) in [7, 11) is 1.62. The number of urea groups is 1. The van der Waals surface area contributed by atoms with Crippen molar-refractivity contribution < 1.29 is 32.2 Å². The van der Waals surface area contributed by atoms with E-state index in [0.29, 0.717) is 36.4 Å². The number of benzene rings is 1. The van der Waals surface area contributed by atoms with Crippen LogP contribution in [0.5, 0.6) is 0 Å². The highest BCUT2D eigenvalue weighted by atomic mass is 19.3. The van der Waals surface area contributed by atoms with Gasteiger partial charge < -0.3 is 24.7 Å². The smallest absolute Gasteiger partial charge is 0.318 e. The summed E-state index contributed by atoms with van der Waals surface area (Å²) in [4.78, 5) is 32.3. The summed E-state index contributed by atoms with van der Waals surface area (Å²) >= 11 is 0. The van der Waals surface area contributed by atoms with Crippen LogP contribution in [0.3, 0.4) is 0 Å². The molecule has 1 aliphatic carbocycles. The zero-order valence-corrected chi connectivity index (χ0v) is 23.0. The summed E-state index contributed by atoms with van der Waals surface area (Å²) < 4.78 is 44.0. The van der Waals surface area contributed by atoms with Crippen molar-refractivity contribution in [1.82, 2.24) is 30.8 Å². The molecule has 2 aliphatic rings. The van der Waals surface area contributed by atoms with Crippen LogP contribution in [-0.4, -0.2) is 63.9 Å². The molecule has 13 heteroatoms. The lowest BCUT2D eigenvalue weighted by atomic mass is 9.82. The van der Waals surface area contributed by atoms with Gasteiger partial charge in [0.2, 0.25) is 11.8 Å². The van der Waals surface area contributed by atoms with Crippen LogP contribution in [0.4, 0.5) is 13.6 Å². The average molecular weight is 561 g/mol. The molecule has 1 aliphatic heterocycles. The van der Waals surface area contributed by atoms with Crippen LogP contribution in [-0.2, 0) is 4.74 Å². The Labute approximate surface area is 230 Å². The van der Waals surface area contributed by atoms with Gasteiger partial charge in [-0.25, -0.2) is 23.2 Å². The van der Waals surface area contributed by atoms with E-state index in [-0.39, 0.29) is 60.8 Å². The summed E-state index contributed by atoms with van der Waals surface area (Å²) in [6, 6.07) is 4.35. The number of hydrogen-bond acceptors (Lipinski definition) is 8. The number of ether oxygens (including phenoxy) is 1. The highest BCUT2D eigenvalue weighted by molar-refractivity contribution is 5.93. The molecule has 216 valence electrons. The van der Waals surface area contributed by atoms with Gasteiger partial charge in [-0.1, -0.05) is 11.2 Å². The lowest BCUT2D eigenvalue weighted by molar-refractivity contribution is -0.0503. The molecule has 3 heterocycles. The molecule has 2 atom stereocenters. The van der Waals surface area contributed by atoms with Crippen molar-refractivity contribution in [2.45, 2.75) is 76.4 Å². The van der Waals surface area contributed by atoms with Gasteiger partial charge in [-0.15, -0.1) is 0 Å². The minimum Gasteiger partial charge on any atom is -0.438 e. The second-order valence-electron chi connectivity index (χ2n) is 11.4. The highest BCUT2D eigenvalue weighted by Gasteiger charge is 2.41. The Morgan fingerprint density at radius 2 is 2.02 bits per heavy atom. The van der Waals surface area contributed by atoms with E-state index in [2.05, 4.69) is 25.6 Å². The Bertz CT molecular complexity index is 1380. The third kappa shape index (κ3) is 5.79. The molecule has 3 amide bonds. The van der Waals surface area contributed by atoms with Gasteiger partial charge in [0.25, 0.3) is 5.91 Å². The molecule has 2 aromatic heterocycles. The Morgan fingerprint density at radius 1 is 1.27 bits per heavy atom. The van der Waals surface area contributed by atoms with Crippen molar-refractivity contribution in [1.29, 1.82) is 0 Å². The van der Waals surface area contributed by atoms with Crippen molar-refractivity contribution in [2.24, 2.45) is 5.92 Å². The van der Waals surface area contributed by atoms with Crippen molar-refractivity contribution in [3.63, 3.8) is 0 Å². The second kappa shape index (κ2) is 10.8. The summed E-state index contributed by atoms with van der Waals surface area (Å²) in [5.74, 6) is -3.38. The van der Waals surface area contributed by atoms with E-state index in [1.165, 1.54) is 0 Å². The van der Waals surface area contributed by atoms with Gasteiger partial charge in [0.05, 0.1) is 11.6 Å². The molecule has 2 N–H and O–H groups in total. The molecule has 1 saturated heterocycles. The van der Waals surface area contributed by atoms with Crippen LogP contribution in [0.15, 0.2) is 27.2 Å². The van der Waals surface area contributed by atoms with Gasteiger partial charge in [-0.2, -0.15) is 0 Å².